The standard InChI is InChI=1S/C11H18N2O2S/c14-10-5-3-1-2-4-9(10)12-6-8-7-16-11(15)13-8/h7,9-10,12,14H,1-6H2,(H,13,15). The third-order valence-electron chi connectivity index (χ3n) is 3.11. The van der Waals surface area contributed by atoms with Crippen molar-refractivity contribution < 1.29 is 5.11 Å². The Balaban J connectivity index is 1.86. The Hall–Kier alpha value is -0.650. The van der Waals surface area contributed by atoms with E-state index < -0.39 is 0 Å². The lowest BCUT2D eigenvalue weighted by molar-refractivity contribution is 0.119. The van der Waals surface area contributed by atoms with E-state index in [2.05, 4.69) is 10.3 Å². The molecule has 90 valence electrons. The van der Waals surface area contributed by atoms with Gasteiger partial charge in [0.15, 0.2) is 0 Å². The Bertz CT molecular complexity index is 374. The van der Waals surface area contributed by atoms with Crippen LogP contribution in [0, 0.1) is 0 Å². The lowest BCUT2D eigenvalue weighted by atomic mass is 10.1. The highest BCUT2D eigenvalue weighted by Gasteiger charge is 2.20. The largest absolute Gasteiger partial charge is 0.392 e. The molecule has 0 saturated heterocycles. The number of rotatable bonds is 3. The molecule has 0 amide bonds. The fraction of sp³-hybridized carbons (Fsp3) is 0.727. The summed E-state index contributed by atoms with van der Waals surface area (Å²) in [6.07, 6.45) is 5.18. The minimum absolute atomic E-state index is 0.0155. The van der Waals surface area contributed by atoms with Crippen molar-refractivity contribution in [2.45, 2.75) is 50.8 Å². The first-order chi connectivity index (χ1) is 7.75. The summed E-state index contributed by atoms with van der Waals surface area (Å²) >= 11 is 1.18. The maximum atomic E-state index is 10.9. The van der Waals surface area contributed by atoms with Gasteiger partial charge < -0.3 is 15.4 Å². The highest BCUT2D eigenvalue weighted by atomic mass is 32.1. The number of aromatic amines is 1. The fourth-order valence-electron chi connectivity index (χ4n) is 2.17. The zero-order valence-corrected chi connectivity index (χ0v) is 10.1. The normalized spacial score (nSPS) is 26.6. The van der Waals surface area contributed by atoms with Crippen LogP contribution in [-0.4, -0.2) is 22.2 Å². The molecule has 1 fully saturated rings. The van der Waals surface area contributed by atoms with Gasteiger partial charge in [0.2, 0.25) is 0 Å². The predicted molar refractivity (Wildman–Crippen MR) is 64.7 cm³/mol. The van der Waals surface area contributed by atoms with Crippen LogP contribution in [0.4, 0.5) is 0 Å². The summed E-state index contributed by atoms with van der Waals surface area (Å²) in [5, 5.41) is 15.1. The molecular weight excluding hydrogens is 224 g/mol. The Morgan fingerprint density at radius 1 is 1.44 bits per heavy atom. The molecule has 2 rings (SSSR count). The van der Waals surface area contributed by atoms with Crippen molar-refractivity contribution in [2.24, 2.45) is 0 Å². The topological polar surface area (TPSA) is 65.1 Å². The van der Waals surface area contributed by atoms with Gasteiger partial charge in [0.25, 0.3) is 0 Å². The average molecular weight is 242 g/mol. The van der Waals surface area contributed by atoms with Crippen LogP contribution in [0.25, 0.3) is 0 Å². The second-order valence-corrected chi connectivity index (χ2v) is 5.21. The molecule has 2 unspecified atom stereocenters. The van der Waals surface area contributed by atoms with E-state index in [4.69, 9.17) is 0 Å². The summed E-state index contributed by atoms with van der Waals surface area (Å²) in [6.45, 7) is 0.639. The third-order valence-corrected chi connectivity index (χ3v) is 3.82. The molecule has 2 atom stereocenters. The molecule has 1 heterocycles. The summed E-state index contributed by atoms with van der Waals surface area (Å²) in [7, 11) is 0. The lowest BCUT2D eigenvalue weighted by Crippen LogP contribution is -2.38. The van der Waals surface area contributed by atoms with Crippen molar-refractivity contribution >= 4 is 11.3 Å². The number of aliphatic hydroxyl groups is 1. The van der Waals surface area contributed by atoms with Crippen LogP contribution in [0.2, 0.25) is 0 Å². The molecule has 1 aromatic heterocycles. The van der Waals surface area contributed by atoms with Crippen molar-refractivity contribution in [2.75, 3.05) is 0 Å². The molecule has 0 aromatic carbocycles. The average Bonchev–Trinajstić information content (AvgIpc) is 2.56. The highest BCUT2D eigenvalue weighted by molar-refractivity contribution is 7.07. The number of thiazole rings is 1. The molecule has 5 heteroatoms. The van der Waals surface area contributed by atoms with Crippen LogP contribution in [0.5, 0.6) is 0 Å². The second kappa shape index (κ2) is 5.61. The maximum absolute atomic E-state index is 10.9. The molecule has 1 aliphatic carbocycles. The predicted octanol–water partition coefficient (Wildman–Crippen LogP) is 1.22. The minimum atomic E-state index is -0.243. The molecule has 0 bridgehead atoms. The number of hydrogen-bond donors (Lipinski definition) is 3. The van der Waals surface area contributed by atoms with Crippen LogP contribution < -0.4 is 10.2 Å². The maximum Gasteiger partial charge on any atom is 0.304 e. The highest BCUT2D eigenvalue weighted by Crippen LogP contribution is 2.18. The van der Waals surface area contributed by atoms with Crippen LogP contribution >= 0.6 is 11.3 Å². The van der Waals surface area contributed by atoms with E-state index in [-0.39, 0.29) is 17.0 Å². The molecule has 16 heavy (non-hydrogen) atoms. The SMILES string of the molecule is O=c1[nH]c(CNC2CCCCCC2O)cs1. The van der Waals surface area contributed by atoms with Crippen molar-refractivity contribution in [3.8, 4) is 0 Å². The van der Waals surface area contributed by atoms with E-state index in [1.807, 2.05) is 5.38 Å². The quantitative estimate of drug-likeness (QED) is 0.698. The van der Waals surface area contributed by atoms with Crippen molar-refractivity contribution in [3.63, 3.8) is 0 Å². The minimum Gasteiger partial charge on any atom is -0.392 e. The van der Waals surface area contributed by atoms with Crippen LogP contribution in [0.1, 0.15) is 37.8 Å². The van der Waals surface area contributed by atoms with Gasteiger partial charge in [0.05, 0.1) is 6.10 Å². The molecular formula is C11H18N2O2S. The lowest BCUT2D eigenvalue weighted by Gasteiger charge is -2.21. The van der Waals surface area contributed by atoms with E-state index in [9.17, 15) is 9.90 Å². The molecule has 0 radical (unpaired) electrons. The van der Waals surface area contributed by atoms with Gasteiger partial charge in [-0.2, -0.15) is 0 Å². The van der Waals surface area contributed by atoms with Gasteiger partial charge in [-0.15, -0.1) is 0 Å². The third kappa shape index (κ3) is 3.17. The summed E-state index contributed by atoms with van der Waals surface area (Å²) in [5.41, 5.74) is 0.909. The molecule has 0 aliphatic heterocycles. The molecule has 0 spiro atoms. The Labute approximate surface area is 98.7 Å². The van der Waals surface area contributed by atoms with Crippen LogP contribution in [-0.2, 0) is 6.54 Å². The van der Waals surface area contributed by atoms with Gasteiger partial charge in [0.1, 0.15) is 0 Å². The summed E-state index contributed by atoms with van der Waals surface area (Å²) < 4.78 is 0. The van der Waals surface area contributed by atoms with Gasteiger partial charge in [-0.25, -0.2) is 0 Å². The fourth-order valence-corrected chi connectivity index (χ4v) is 2.75. The van der Waals surface area contributed by atoms with Crippen molar-refractivity contribution in [1.29, 1.82) is 0 Å². The van der Waals surface area contributed by atoms with Gasteiger partial charge >= 0.3 is 4.87 Å². The number of H-pyrrole nitrogens is 1. The van der Waals surface area contributed by atoms with Gasteiger partial charge in [-0.05, 0) is 12.8 Å². The molecule has 4 nitrogen and oxygen atoms in total. The Morgan fingerprint density at radius 3 is 3.00 bits per heavy atom. The van der Waals surface area contributed by atoms with E-state index in [0.29, 0.717) is 6.54 Å². The first kappa shape index (κ1) is 11.8. The van der Waals surface area contributed by atoms with Crippen LogP contribution in [0.15, 0.2) is 10.2 Å². The summed E-state index contributed by atoms with van der Waals surface area (Å²) in [4.78, 5) is 13.7. The van der Waals surface area contributed by atoms with Crippen molar-refractivity contribution in [3.05, 3.63) is 20.7 Å². The van der Waals surface area contributed by atoms with Crippen molar-refractivity contribution in [1.82, 2.24) is 10.3 Å². The number of aromatic nitrogens is 1. The molecule has 1 aromatic rings. The summed E-state index contributed by atoms with van der Waals surface area (Å²) in [6, 6.07) is 0.172. The van der Waals surface area contributed by atoms with Gasteiger partial charge in [-0.3, -0.25) is 4.79 Å². The second-order valence-electron chi connectivity index (χ2n) is 4.37. The smallest absolute Gasteiger partial charge is 0.304 e. The van der Waals surface area contributed by atoms with Gasteiger partial charge in [-0.1, -0.05) is 30.6 Å². The van der Waals surface area contributed by atoms with E-state index in [0.717, 1.165) is 25.0 Å². The number of nitrogens with one attached hydrogen (secondary N) is 2. The Morgan fingerprint density at radius 2 is 2.25 bits per heavy atom. The van der Waals surface area contributed by atoms with E-state index in [1.165, 1.54) is 24.2 Å². The van der Waals surface area contributed by atoms with Crippen LogP contribution in [0.3, 0.4) is 0 Å². The first-order valence-corrected chi connectivity index (χ1v) is 6.72. The molecule has 1 aliphatic rings. The number of aliphatic hydroxyl groups excluding tert-OH is 1. The molecule has 3 N–H and O–H groups in total. The first-order valence-electron chi connectivity index (χ1n) is 5.84. The molecule has 1 saturated carbocycles. The van der Waals surface area contributed by atoms with E-state index >= 15 is 0 Å². The van der Waals surface area contributed by atoms with E-state index in [1.54, 1.807) is 0 Å². The summed E-state index contributed by atoms with van der Waals surface area (Å²) in [5.74, 6) is 0. The Kier molecular flexibility index (Phi) is 4.15. The monoisotopic (exact) mass is 242 g/mol. The zero-order chi connectivity index (χ0) is 11.4. The van der Waals surface area contributed by atoms with Gasteiger partial charge in [0, 0.05) is 23.7 Å². The zero-order valence-electron chi connectivity index (χ0n) is 9.24. The number of hydrogen-bond acceptors (Lipinski definition) is 4.